The van der Waals surface area contributed by atoms with Crippen LogP contribution in [-0.2, 0) is 35.2 Å². The van der Waals surface area contributed by atoms with Gasteiger partial charge in [0.15, 0.2) is 5.96 Å². The molecular formula is C26H40N10O7. The molecule has 43 heavy (non-hydrogen) atoms. The minimum absolute atomic E-state index is 0.0490. The number of carbonyl (C=O) groups excluding carboxylic acids is 5. The third-order valence-electron chi connectivity index (χ3n) is 6.65. The van der Waals surface area contributed by atoms with E-state index in [1.54, 1.807) is 24.5 Å². The summed E-state index contributed by atoms with van der Waals surface area (Å²) in [5.41, 5.74) is 22.4. The van der Waals surface area contributed by atoms with Crippen LogP contribution in [0.4, 0.5) is 0 Å². The molecule has 0 radical (unpaired) electrons. The Labute approximate surface area is 248 Å². The van der Waals surface area contributed by atoms with Gasteiger partial charge >= 0.3 is 5.97 Å². The fraction of sp³-hybridized carbons (Fsp3) is 0.538. The molecule has 236 valence electrons. The van der Waals surface area contributed by atoms with Crippen LogP contribution in [0.2, 0.25) is 0 Å². The molecular weight excluding hydrogens is 564 g/mol. The van der Waals surface area contributed by atoms with Crippen LogP contribution in [0.1, 0.15) is 44.1 Å². The highest BCUT2D eigenvalue weighted by molar-refractivity contribution is 5.95. The summed E-state index contributed by atoms with van der Waals surface area (Å²) in [7, 11) is 0. The van der Waals surface area contributed by atoms with Crippen LogP contribution in [0.3, 0.4) is 0 Å². The summed E-state index contributed by atoms with van der Waals surface area (Å²) in [4.78, 5) is 83.7. The lowest BCUT2D eigenvalue weighted by molar-refractivity contribution is -0.145. The molecule has 1 aliphatic heterocycles. The van der Waals surface area contributed by atoms with Crippen LogP contribution in [0.15, 0.2) is 29.5 Å². The van der Waals surface area contributed by atoms with Crippen molar-refractivity contribution in [3.8, 4) is 0 Å². The Morgan fingerprint density at radius 3 is 2.47 bits per heavy atom. The molecule has 0 unspecified atom stereocenters. The summed E-state index contributed by atoms with van der Waals surface area (Å²) in [5.74, 6) is -4.74. The molecule has 0 saturated carbocycles. The van der Waals surface area contributed by atoms with E-state index in [4.69, 9.17) is 22.9 Å². The zero-order chi connectivity index (χ0) is 31.9. The molecule has 2 heterocycles. The number of carboxylic acids is 1. The summed E-state index contributed by atoms with van der Waals surface area (Å²) < 4.78 is 0. The lowest BCUT2D eigenvalue weighted by Gasteiger charge is -2.29. The lowest BCUT2D eigenvalue weighted by Crippen LogP contribution is -2.56. The number of nitrogens with two attached hydrogens (primary N) is 4. The number of aliphatic carboxylic acids is 1. The number of aliphatic imine (C=N–C) groups is 1. The Morgan fingerprint density at radius 2 is 1.84 bits per heavy atom. The van der Waals surface area contributed by atoms with Crippen LogP contribution in [0.5, 0.6) is 0 Å². The van der Waals surface area contributed by atoms with Gasteiger partial charge in [0.1, 0.15) is 18.1 Å². The van der Waals surface area contributed by atoms with Gasteiger partial charge in [-0.3, -0.25) is 33.9 Å². The fourth-order valence-electron chi connectivity index (χ4n) is 4.49. The van der Waals surface area contributed by atoms with Crippen LogP contribution >= 0.6 is 0 Å². The SMILES string of the molecule is NC(=O)CC[C@H](NC(=O)CNC(=O)[C@@H](N)Cc1cccnc1)C(=O)N1CCC[C@H]1C(=O)N[C@@H](CCCN=C(N)N)C(=O)O. The number of amides is 5. The van der Waals surface area contributed by atoms with E-state index in [1.807, 2.05) is 0 Å². The van der Waals surface area contributed by atoms with Crippen molar-refractivity contribution in [1.82, 2.24) is 25.8 Å². The number of guanidine groups is 1. The molecule has 4 atom stereocenters. The smallest absolute Gasteiger partial charge is 0.326 e. The molecule has 0 aromatic carbocycles. The van der Waals surface area contributed by atoms with Crippen LogP contribution in [-0.4, -0.2) is 100 Å². The first-order valence-electron chi connectivity index (χ1n) is 13.8. The molecule has 17 nitrogen and oxygen atoms in total. The second-order valence-electron chi connectivity index (χ2n) is 10.1. The average Bonchev–Trinajstić information content (AvgIpc) is 3.45. The highest BCUT2D eigenvalue weighted by Crippen LogP contribution is 2.20. The number of hydrogen-bond donors (Lipinski definition) is 8. The number of aromatic nitrogens is 1. The summed E-state index contributed by atoms with van der Waals surface area (Å²) >= 11 is 0. The van der Waals surface area contributed by atoms with Gasteiger partial charge in [-0.05, 0) is 50.2 Å². The topological polar surface area (TPSA) is 291 Å². The number of likely N-dealkylation sites (tertiary alicyclic amines) is 1. The van der Waals surface area contributed by atoms with Crippen molar-refractivity contribution >= 4 is 41.5 Å². The van der Waals surface area contributed by atoms with E-state index in [-0.39, 0.29) is 57.6 Å². The van der Waals surface area contributed by atoms with E-state index in [0.717, 1.165) is 5.56 Å². The molecule has 12 N–H and O–H groups in total. The van der Waals surface area contributed by atoms with Gasteiger partial charge in [-0.25, -0.2) is 4.79 Å². The quantitative estimate of drug-likeness (QED) is 0.0489. The standard InChI is InChI=1S/C26H40N10O7/c27-16(12-15-4-1-9-31-13-15)22(39)33-14-21(38)34-17(7-8-20(28)37)24(41)36-11-3-6-19(36)23(40)35-18(25(42)43)5-2-10-32-26(29)30/h1,4,9,13,16-19H,2-3,5-8,10-12,14,27H2,(H2,28,37)(H,33,39)(H,34,38)(H,35,40)(H,42,43)(H4,29,30,32)/t16-,17-,18-,19-/m0/s1. The molecule has 0 aliphatic carbocycles. The third kappa shape index (κ3) is 11.9. The summed E-state index contributed by atoms with van der Waals surface area (Å²) in [5, 5.41) is 16.9. The largest absolute Gasteiger partial charge is 0.480 e. The van der Waals surface area contributed by atoms with Crippen molar-refractivity contribution < 1.29 is 33.9 Å². The fourth-order valence-corrected chi connectivity index (χ4v) is 4.49. The number of carbonyl (C=O) groups is 6. The maximum absolute atomic E-state index is 13.5. The minimum Gasteiger partial charge on any atom is -0.480 e. The molecule has 2 rings (SSSR count). The highest BCUT2D eigenvalue weighted by atomic mass is 16.4. The van der Waals surface area contributed by atoms with E-state index in [2.05, 4.69) is 25.9 Å². The predicted molar refractivity (Wildman–Crippen MR) is 153 cm³/mol. The van der Waals surface area contributed by atoms with Crippen molar-refractivity contribution in [2.75, 3.05) is 19.6 Å². The normalized spacial score (nSPS) is 16.3. The molecule has 1 aromatic rings. The molecule has 17 heteroatoms. The van der Waals surface area contributed by atoms with E-state index >= 15 is 0 Å². The van der Waals surface area contributed by atoms with Gasteiger partial charge in [0.25, 0.3) is 0 Å². The Morgan fingerprint density at radius 1 is 1.09 bits per heavy atom. The van der Waals surface area contributed by atoms with E-state index in [1.165, 1.54) is 4.90 Å². The first-order chi connectivity index (χ1) is 20.4. The van der Waals surface area contributed by atoms with Crippen molar-refractivity contribution in [3.63, 3.8) is 0 Å². The highest BCUT2D eigenvalue weighted by Gasteiger charge is 2.38. The number of nitrogens with one attached hydrogen (secondary N) is 3. The second kappa shape index (κ2) is 17.2. The third-order valence-corrected chi connectivity index (χ3v) is 6.65. The maximum Gasteiger partial charge on any atom is 0.326 e. The van der Waals surface area contributed by atoms with Gasteiger partial charge < -0.3 is 48.9 Å². The number of primary amides is 1. The van der Waals surface area contributed by atoms with Crippen LogP contribution in [0, 0.1) is 0 Å². The van der Waals surface area contributed by atoms with Gasteiger partial charge in [-0.2, -0.15) is 0 Å². The predicted octanol–water partition coefficient (Wildman–Crippen LogP) is -3.57. The van der Waals surface area contributed by atoms with Crippen LogP contribution < -0.4 is 38.9 Å². The zero-order valence-electron chi connectivity index (χ0n) is 23.7. The zero-order valence-corrected chi connectivity index (χ0v) is 23.7. The van der Waals surface area contributed by atoms with Crippen molar-refractivity contribution in [1.29, 1.82) is 0 Å². The van der Waals surface area contributed by atoms with Crippen molar-refractivity contribution in [2.45, 2.75) is 69.1 Å². The Bertz CT molecular complexity index is 1180. The van der Waals surface area contributed by atoms with E-state index < -0.39 is 66.2 Å². The summed E-state index contributed by atoms with van der Waals surface area (Å²) in [6, 6.07) is -0.959. The van der Waals surface area contributed by atoms with Gasteiger partial charge in [0.05, 0.1) is 12.6 Å². The Balaban J connectivity index is 2.00. The van der Waals surface area contributed by atoms with Crippen LogP contribution in [0.25, 0.3) is 0 Å². The Kier molecular flexibility index (Phi) is 13.8. The first-order valence-corrected chi connectivity index (χ1v) is 13.8. The number of hydrogen-bond acceptors (Lipinski definition) is 9. The van der Waals surface area contributed by atoms with E-state index in [9.17, 15) is 33.9 Å². The molecule has 1 aromatic heterocycles. The van der Waals surface area contributed by atoms with Gasteiger partial charge in [0.2, 0.25) is 29.5 Å². The van der Waals surface area contributed by atoms with Crippen molar-refractivity contribution in [2.24, 2.45) is 27.9 Å². The molecule has 0 bridgehead atoms. The second-order valence-corrected chi connectivity index (χ2v) is 10.1. The number of carboxylic acid groups (broad SMARTS) is 1. The molecule has 5 amide bonds. The number of nitrogens with zero attached hydrogens (tertiary/aromatic N) is 3. The first kappa shape index (κ1) is 34.4. The molecule has 1 saturated heterocycles. The molecule has 1 aliphatic rings. The van der Waals surface area contributed by atoms with E-state index in [0.29, 0.717) is 6.42 Å². The monoisotopic (exact) mass is 604 g/mol. The summed E-state index contributed by atoms with van der Waals surface area (Å²) in [6.45, 7) is -0.153. The lowest BCUT2D eigenvalue weighted by atomic mass is 10.1. The number of pyridine rings is 1. The van der Waals surface area contributed by atoms with Crippen molar-refractivity contribution in [3.05, 3.63) is 30.1 Å². The summed E-state index contributed by atoms with van der Waals surface area (Å²) in [6.07, 6.45) is 4.01. The average molecular weight is 605 g/mol. The minimum atomic E-state index is -1.26. The van der Waals surface area contributed by atoms with Gasteiger partial charge in [-0.15, -0.1) is 0 Å². The molecule has 0 spiro atoms. The Hall–Kier alpha value is -4.80. The van der Waals surface area contributed by atoms with Gasteiger partial charge in [0, 0.05) is 31.9 Å². The van der Waals surface area contributed by atoms with Gasteiger partial charge in [-0.1, -0.05) is 6.07 Å². The maximum atomic E-state index is 13.5. The number of rotatable bonds is 17. The molecule has 1 fully saturated rings.